The van der Waals surface area contributed by atoms with E-state index in [9.17, 15) is 18.7 Å². The summed E-state index contributed by atoms with van der Waals surface area (Å²) in [6, 6.07) is 5.29. The first-order valence-electron chi connectivity index (χ1n) is 7.97. The summed E-state index contributed by atoms with van der Waals surface area (Å²) in [5.41, 5.74) is 0.250. The summed E-state index contributed by atoms with van der Waals surface area (Å²) in [5, 5.41) is 10.1. The molecule has 0 aliphatic heterocycles. The van der Waals surface area contributed by atoms with Gasteiger partial charge in [0.25, 0.3) is 0 Å². The van der Waals surface area contributed by atoms with E-state index in [1.54, 1.807) is 0 Å². The van der Waals surface area contributed by atoms with Crippen molar-refractivity contribution in [1.82, 2.24) is 0 Å². The van der Waals surface area contributed by atoms with Gasteiger partial charge in [-0.2, -0.15) is 4.39 Å². The number of unbranched alkanes of at least 4 members (excludes halogenated alkanes) is 1. The van der Waals surface area contributed by atoms with Gasteiger partial charge in [0, 0.05) is 17.4 Å². The summed E-state index contributed by atoms with van der Waals surface area (Å²) in [6.07, 6.45) is 2.04. The molecule has 0 atom stereocenters. The molecule has 3 rings (SSSR count). The fraction of sp³-hybridized carbons (Fsp3) is 0.211. The van der Waals surface area contributed by atoms with Crippen molar-refractivity contribution in [2.24, 2.45) is 0 Å². The summed E-state index contributed by atoms with van der Waals surface area (Å²) >= 11 is 6.39. The molecule has 2 aromatic carbocycles. The number of phenols is 1. The Morgan fingerprint density at radius 2 is 1.85 bits per heavy atom. The third-order valence-electron chi connectivity index (χ3n) is 4.09. The molecule has 0 unspecified atom stereocenters. The van der Waals surface area contributed by atoms with E-state index in [1.165, 1.54) is 18.2 Å². The summed E-state index contributed by atoms with van der Waals surface area (Å²) in [4.78, 5) is 13.1. The van der Waals surface area contributed by atoms with Crippen LogP contribution in [0.5, 0.6) is 5.75 Å². The van der Waals surface area contributed by atoms with E-state index in [1.807, 2.05) is 6.92 Å². The Labute approximate surface area is 165 Å². The van der Waals surface area contributed by atoms with Crippen LogP contribution in [-0.2, 0) is 6.42 Å². The number of rotatable bonds is 5. The smallest absolute Gasteiger partial charge is 0.201 e. The zero-order valence-electron chi connectivity index (χ0n) is 13.7. The van der Waals surface area contributed by atoms with Crippen molar-refractivity contribution in [3.8, 4) is 5.75 Å². The lowest BCUT2D eigenvalue weighted by molar-refractivity contribution is 0.103. The van der Waals surface area contributed by atoms with Gasteiger partial charge in [-0.1, -0.05) is 13.3 Å². The van der Waals surface area contributed by atoms with Crippen molar-refractivity contribution in [3.05, 3.63) is 61.7 Å². The number of aromatic hydroxyl groups is 1. The zero-order chi connectivity index (χ0) is 19.0. The molecule has 0 fully saturated rings. The SMILES string of the molecule is CCCCc1oc2c(F)c(F)ccc2c1C(=O)c1cc(Br)c(O)c(Br)c1. The lowest BCUT2D eigenvalue weighted by Crippen LogP contribution is -2.04. The van der Waals surface area contributed by atoms with Crippen LogP contribution in [-0.4, -0.2) is 10.9 Å². The molecule has 136 valence electrons. The predicted octanol–water partition coefficient (Wildman–Crippen LogP) is 6.52. The van der Waals surface area contributed by atoms with Crippen LogP contribution in [0, 0.1) is 11.6 Å². The van der Waals surface area contributed by atoms with Crippen molar-refractivity contribution in [3.63, 3.8) is 0 Å². The van der Waals surface area contributed by atoms with Gasteiger partial charge in [-0.05, 0) is 62.5 Å². The molecule has 0 aliphatic carbocycles. The maximum absolute atomic E-state index is 14.1. The van der Waals surface area contributed by atoms with Gasteiger partial charge >= 0.3 is 0 Å². The van der Waals surface area contributed by atoms with Crippen LogP contribution < -0.4 is 0 Å². The summed E-state index contributed by atoms with van der Waals surface area (Å²) in [5.74, 6) is -2.22. The topological polar surface area (TPSA) is 50.4 Å². The van der Waals surface area contributed by atoms with Crippen molar-refractivity contribution >= 4 is 48.6 Å². The van der Waals surface area contributed by atoms with E-state index >= 15 is 0 Å². The van der Waals surface area contributed by atoms with Gasteiger partial charge in [0.05, 0.1) is 14.5 Å². The first-order chi connectivity index (χ1) is 12.3. The lowest BCUT2D eigenvalue weighted by atomic mass is 9.98. The van der Waals surface area contributed by atoms with Crippen LogP contribution in [0.2, 0.25) is 0 Å². The monoisotopic (exact) mass is 486 g/mol. The van der Waals surface area contributed by atoms with Gasteiger partial charge in [-0.15, -0.1) is 0 Å². The van der Waals surface area contributed by atoms with E-state index in [2.05, 4.69) is 31.9 Å². The maximum atomic E-state index is 14.1. The Balaban J connectivity index is 2.22. The second-order valence-corrected chi connectivity index (χ2v) is 7.57. The predicted molar refractivity (Wildman–Crippen MR) is 102 cm³/mol. The van der Waals surface area contributed by atoms with E-state index in [4.69, 9.17) is 4.42 Å². The van der Waals surface area contributed by atoms with E-state index in [0.29, 0.717) is 21.1 Å². The highest BCUT2D eigenvalue weighted by Gasteiger charge is 2.25. The van der Waals surface area contributed by atoms with Crippen molar-refractivity contribution in [2.75, 3.05) is 0 Å². The van der Waals surface area contributed by atoms with Crippen molar-refractivity contribution < 1.29 is 23.1 Å². The highest BCUT2D eigenvalue weighted by molar-refractivity contribution is 9.11. The fourth-order valence-electron chi connectivity index (χ4n) is 2.76. The Kier molecular flexibility index (Phi) is 5.48. The quantitative estimate of drug-likeness (QED) is 0.417. The molecular formula is C19H14Br2F2O3. The van der Waals surface area contributed by atoms with Crippen LogP contribution in [0.4, 0.5) is 8.78 Å². The number of phenolic OH excluding ortho intramolecular Hbond substituents is 1. The number of aryl methyl sites for hydroxylation is 1. The van der Waals surface area contributed by atoms with Gasteiger partial charge in [0.2, 0.25) is 5.82 Å². The largest absolute Gasteiger partial charge is 0.506 e. The van der Waals surface area contributed by atoms with Crippen LogP contribution in [0.25, 0.3) is 11.0 Å². The second kappa shape index (κ2) is 7.48. The van der Waals surface area contributed by atoms with Gasteiger partial charge in [-0.25, -0.2) is 4.39 Å². The number of furan rings is 1. The molecule has 0 radical (unpaired) electrons. The van der Waals surface area contributed by atoms with E-state index in [-0.39, 0.29) is 33.6 Å². The third-order valence-corrected chi connectivity index (χ3v) is 5.30. The average molecular weight is 488 g/mol. The second-order valence-electron chi connectivity index (χ2n) is 5.86. The molecule has 3 aromatic rings. The van der Waals surface area contributed by atoms with E-state index in [0.717, 1.165) is 18.9 Å². The van der Waals surface area contributed by atoms with Crippen LogP contribution in [0.15, 0.2) is 37.6 Å². The minimum absolute atomic E-state index is 0.0297. The molecule has 0 aliphatic rings. The summed E-state index contributed by atoms with van der Waals surface area (Å²) in [7, 11) is 0. The highest BCUT2D eigenvalue weighted by atomic mass is 79.9. The molecule has 0 amide bonds. The van der Waals surface area contributed by atoms with Crippen LogP contribution >= 0.6 is 31.9 Å². The van der Waals surface area contributed by atoms with Crippen LogP contribution in [0.1, 0.15) is 41.4 Å². The molecular weight excluding hydrogens is 474 g/mol. The van der Waals surface area contributed by atoms with E-state index < -0.39 is 11.6 Å². The number of fused-ring (bicyclic) bond motifs is 1. The fourth-order valence-corrected chi connectivity index (χ4v) is 3.94. The minimum Gasteiger partial charge on any atom is -0.506 e. The molecule has 0 spiro atoms. The molecule has 7 heteroatoms. The van der Waals surface area contributed by atoms with Crippen LogP contribution in [0.3, 0.4) is 0 Å². The first kappa shape index (κ1) is 19.0. The lowest BCUT2D eigenvalue weighted by Gasteiger charge is -2.06. The standard InChI is InChI=1S/C19H14Br2F2O3/c1-2-3-4-14-15(10-5-6-13(22)16(23)19(10)26-14)17(24)9-7-11(20)18(25)12(21)8-9/h5-8,25H,2-4H2,1H3. The zero-order valence-corrected chi connectivity index (χ0v) is 16.9. The highest BCUT2D eigenvalue weighted by Crippen LogP contribution is 2.36. The number of hydrogen-bond donors (Lipinski definition) is 1. The molecule has 0 bridgehead atoms. The molecule has 1 N–H and O–H groups in total. The number of carbonyl (C=O) groups excluding carboxylic acids is 1. The number of benzene rings is 2. The van der Waals surface area contributed by atoms with Gasteiger partial charge in [0.15, 0.2) is 17.2 Å². The number of carbonyl (C=O) groups is 1. The van der Waals surface area contributed by atoms with Gasteiger partial charge in [0.1, 0.15) is 11.5 Å². The Morgan fingerprint density at radius 1 is 1.19 bits per heavy atom. The number of ketones is 1. The molecule has 0 saturated carbocycles. The molecule has 1 aromatic heterocycles. The van der Waals surface area contributed by atoms with Gasteiger partial charge in [-0.3, -0.25) is 4.79 Å². The number of halogens is 4. The Hall–Kier alpha value is -1.73. The molecule has 1 heterocycles. The summed E-state index contributed by atoms with van der Waals surface area (Å²) in [6.45, 7) is 1.98. The Morgan fingerprint density at radius 3 is 2.46 bits per heavy atom. The van der Waals surface area contributed by atoms with Gasteiger partial charge < -0.3 is 9.52 Å². The number of hydrogen-bond acceptors (Lipinski definition) is 3. The third kappa shape index (κ3) is 3.30. The molecule has 3 nitrogen and oxygen atoms in total. The first-order valence-corrected chi connectivity index (χ1v) is 9.55. The minimum atomic E-state index is -1.10. The molecule has 0 saturated heterocycles. The molecule has 26 heavy (non-hydrogen) atoms. The summed E-state index contributed by atoms with van der Waals surface area (Å²) < 4.78 is 33.9. The normalized spacial score (nSPS) is 11.3. The maximum Gasteiger partial charge on any atom is 0.201 e. The Bertz CT molecular complexity index is 989. The van der Waals surface area contributed by atoms with Crippen molar-refractivity contribution in [1.29, 1.82) is 0 Å². The average Bonchev–Trinajstić information content (AvgIpc) is 2.99. The van der Waals surface area contributed by atoms with Crippen molar-refractivity contribution in [2.45, 2.75) is 26.2 Å².